The van der Waals surface area contributed by atoms with Crippen LogP contribution in [0, 0.1) is 0 Å². The average Bonchev–Trinajstić information content (AvgIpc) is 3.47. The number of ether oxygens (including phenoxy) is 1. The van der Waals surface area contributed by atoms with Gasteiger partial charge in [-0.3, -0.25) is 9.69 Å². The fourth-order valence-electron chi connectivity index (χ4n) is 4.37. The number of piperazine rings is 1. The number of allylic oxidation sites excluding steroid dienone is 4. The van der Waals surface area contributed by atoms with Crippen LogP contribution in [0.2, 0.25) is 0 Å². The van der Waals surface area contributed by atoms with E-state index in [1.54, 1.807) is 18.4 Å². The van der Waals surface area contributed by atoms with Crippen molar-refractivity contribution in [3.63, 3.8) is 0 Å². The molecule has 5 rings (SSSR count). The highest BCUT2D eigenvalue weighted by Gasteiger charge is 2.24. The molecule has 1 fully saturated rings. The summed E-state index contributed by atoms with van der Waals surface area (Å²) in [5.74, 6) is 1.04. The quantitative estimate of drug-likeness (QED) is 0.573. The van der Waals surface area contributed by atoms with Crippen LogP contribution in [0.5, 0.6) is 5.75 Å². The molecule has 1 aromatic heterocycles. The van der Waals surface area contributed by atoms with Crippen molar-refractivity contribution in [2.75, 3.05) is 33.3 Å². The van der Waals surface area contributed by atoms with E-state index in [1.807, 2.05) is 24.3 Å². The topological polar surface area (TPSA) is 41.6 Å². The van der Waals surface area contributed by atoms with E-state index in [-0.39, 0.29) is 11.7 Å². The Hall–Kier alpha value is -2.73. The Morgan fingerprint density at radius 3 is 2.55 bits per heavy atom. The molecule has 1 saturated heterocycles. The minimum absolute atomic E-state index is 0.0950. The summed E-state index contributed by atoms with van der Waals surface area (Å²) in [5, 5.41) is 4.52. The van der Waals surface area contributed by atoms with E-state index in [0.29, 0.717) is 0 Å². The number of carbonyl (C=O) groups excluding carboxylic acids is 1. The van der Waals surface area contributed by atoms with Crippen molar-refractivity contribution in [2.24, 2.45) is 0 Å². The number of methoxy groups -OCH3 is 1. The van der Waals surface area contributed by atoms with Gasteiger partial charge in [-0.05, 0) is 34.7 Å². The number of fused-ring (bicyclic) bond motifs is 1. The molecule has 0 unspecified atom stereocenters. The lowest BCUT2D eigenvalue weighted by Crippen LogP contribution is -2.42. The minimum atomic E-state index is 0.0950. The molecular formula is C26H26N2O2S. The molecule has 0 bridgehead atoms. The zero-order valence-electron chi connectivity index (χ0n) is 17.6. The van der Waals surface area contributed by atoms with Crippen molar-refractivity contribution in [2.45, 2.75) is 12.5 Å². The second kappa shape index (κ2) is 8.79. The minimum Gasteiger partial charge on any atom is -0.497 e. The third kappa shape index (κ3) is 4.09. The van der Waals surface area contributed by atoms with Crippen LogP contribution in [0.15, 0.2) is 66.8 Å². The molecule has 2 aromatic carbocycles. The molecule has 0 saturated carbocycles. The fraction of sp³-hybridized carbons (Fsp3) is 0.269. The van der Waals surface area contributed by atoms with Crippen LogP contribution < -0.4 is 10.1 Å². The largest absolute Gasteiger partial charge is 0.497 e. The highest BCUT2D eigenvalue weighted by atomic mass is 32.1. The second-order valence-corrected chi connectivity index (χ2v) is 9.11. The summed E-state index contributed by atoms with van der Waals surface area (Å²) >= 11 is 1.56. The summed E-state index contributed by atoms with van der Waals surface area (Å²) in [5.41, 5.74) is 3.10. The van der Waals surface area contributed by atoms with E-state index >= 15 is 0 Å². The van der Waals surface area contributed by atoms with Crippen LogP contribution in [0.25, 0.3) is 10.1 Å². The van der Waals surface area contributed by atoms with Gasteiger partial charge in [0.05, 0.1) is 12.0 Å². The normalized spacial score (nSPS) is 16.9. The Balaban J connectivity index is 1.46. The van der Waals surface area contributed by atoms with Crippen LogP contribution in [-0.2, 0) is 6.54 Å². The van der Waals surface area contributed by atoms with Crippen molar-refractivity contribution in [3.05, 3.63) is 88.3 Å². The summed E-state index contributed by atoms with van der Waals surface area (Å²) < 4.78 is 6.49. The van der Waals surface area contributed by atoms with Gasteiger partial charge in [0, 0.05) is 48.9 Å². The molecule has 1 aliphatic carbocycles. The smallest absolute Gasteiger partial charge is 0.203 e. The second-order valence-electron chi connectivity index (χ2n) is 8.05. The van der Waals surface area contributed by atoms with Crippen LogP contribution in [0.1, 0.15) is 32.3 Å². The van der Waals surface area contributed by atoms with E-state index in [1.165, 1.54) is 5.56 Å². The van der Waals surface area contributed by atoms with Crippen LogP contribution in [0.4, 0.5) is 0 Å². The number of hydrogen-bond acceptors (Lipinski definition) is 5. The van der Waals surface area contributed by atoms with Crippen molar-refractivity contribution in [1.82, 2.24) is 10.2 Å². The van der Waals surface area contributed by atoms with E-state index in [9.17, 15) is 4.79 Å². The molecule has 2 heterocycles. The number of thiophene rings is 1. The van der Waals surface area contributed by atoms with Gasteiger partial charge in [0.25, 0.3) is 0 Å². The highest BCUT2D eigenvalue weighted by Crippen LogP contribution is 2.41. The molecule has 1 N–H and O–H groups in total. The Bertz CT molecular complexity index is 1140. The number of hydrogen-bond donors (Lipinski definition) is 1. The summed E-state index contributed by atoms with van der Waals surface area (Å²) in [6.07, 6.45) is 8.41. The SMILES string of the molecule is COc1ccc2c(C3C=CC=C3)c(C(=O)c3ccc(CN4CCNCC4)cc3)sc2c1. The van der Waals surface area contributed by atoms with E-state index in [0.717, 1.165) is 64.6 Å². The molecular weight excluding hydrogens is 404 g/mol. The number of benzene rings is 2. The number of rotatable bonds is 6. The van der Waals surface area contributed by atoms with Gasteiger partial charge >= 0.3 is 0 Å². The van der Waals surface area contributed by atoms with Gasteiger partial charge in [-0.15, -0.1) is 11.3 Å². The maximum Gasteiger partial charge on any atom is 0.203 e. The van der Waals surface area contributed by atoms with Gasteiger partial charge in [0.15, 0.2) is 0 Å². The maximum atomic E-state index is 13.6. The molecule has 5 heteroatoms. The van der Waals surface area contributed by atoms with E-state index in [4.69, 9.17) is 4.74 Å². The summed E-state index contributed by atoms with van der Waals surface area (Å²) in [6.45, 7) is 5.15. The fourth-order valence-corrected chi connectivity index (χ4v) is 5.62. The van der Waals surface area contributed by atoms with Crippen LogP contribution >= 0.6 is 11.3 Å². The van der Waals surface area contributed by atoms with Crippen molar-refractivity contribution < 1.29 is 9.53 Å². The van der Waals surface area contributed by atoms with E-state index < -0.39 is 0 Å². The van der Waals surface area contributed by atoms with Gasteiger partial charge in [-0.25, -0.2) is 0 Å². The lowest BCUT2D eigenvalue weighted by atomic mass is 9.94. The third-order valence-electron chi connectivity index (χ3n) is 6.06. The van der Waals surface area contributed by atoms with Crippen molar-refractivity contribution >= 4 is 27.2 Å². The Morgan fingerprint density at radius 1 is 1.10 bits per heavy atom. The molecule has 0 amide bonds. The third-order valence-corrected chi connectivity index (χ3v) is 7.22. The zero-order chi connectivity index (χ0) is 21.2. The lowest BCUT2D eigenvalue weighted by molar-refractivity contribution is 0.104. The first-order valence-electron chi connectivity index (χ1n) is 10.7. The van der Waals surface area contributed by atoms with Crippen LogP contribution in [0.3, 0.4) is 0 Å². The van der Waals surface area contributed by atoms with Gasteiger partial charge in [0.1, 0.15) is 5.75 Å². The Labute approximate surface area is 186 Å². The molecule has 0 radical (unpaired) electrons. The maximum absolute atomic E-state index is 13.6. The number of nitrogens with zero attached hydrogens (tertiary/aromatic N) is 1. The van der Waals surface area contributed by atoms with E-state index in [2.05, 4.69) is 52.7 Å². The van der Waals surface area contributed by atoms with Gasteiger partial charge in [0.2, 0.25) is 5.78 Å². The predicted molar refractivity (Wildman–Crippen MR) is 127 cm³/mol. The first kappa shape index (κ1) is 20.2. The number of nitrogens with one attached hydrogen (secondary N) is 1. The van der Waals surface area contributed by atoms with Gasteiger partial charge in [-0.2, -0.15) is 0 Å². The van der Waals surface area contributed by atoms with Gasteiger partial charge < -0.3 is 10.1 Å². The Morgan fingerprint density at radius 2 is 1.84 bits per heavy atom. The van der Waals surface area contributed by atoms with Crippen molar-refractivity contribution in [3.8, 4) is 5.75 Å². The molecule has 158 valence electrons. The lowest BCUT2D eigenvalue weighted by Gasteiger charge is -2.27. The molecule has 0 atom stereocenters. The summed E-state index contributed by atoms with van der Waals surface area (Å²) in [6, 6.07) is 14.2. The average molecular weight is 431 g/mol. The summed E-state index contributed by atoms with van der Waals surface area (Å²) in [7, 11) is 1.67. The van der Waals surface area contributed by atoms with Crippen LogP contribution in [-0.4, -0.2) is 44.0 Å². The molecule has 1 aliphatic heterocycles. The Kier molecular flexibility index (Phi) is 5.72. The first-order valence-corrected chi connectivity index (χ1v) is 11.6. The molecule has 0 spiro atoms. The molecule has 4 nitrogen and oxygen atoms in total. The standard InChI is InChI=1S/C26H26N2O2S/c1-30-21-10-11-22-23(16-21)31-26(24(22)19-4-2-3-5-19)25(29)20-8-6-18(7-9-20)17-28-14-12-27-13-15-28/h2-11,16,19,27H,12-15,17H2,1H3. The molecule has 2 aliphatic rings. The number of carbonyl (C=O) groups is 1. The summed E-state index contributed by atoms with van der Waals surface area (Å²) in [4.78, 5) is 16.8. The predicted octanol–water partition coefficient (Wildman–Crippen LogP) is 4.76. The number of ketones is 1. The zero-order valence-corrected chi connectivity index (χ0v) is 18.5. The van der Waals surface area contributed by atoms with Gasteiger partial charge in [-0.1, -0.05) is 48.6 Å². The van der Waals surface area contributed by atoms with Crippen molar-refractivity contribution in [1.29, 1.82) is 0 Å². The first-order chi connectivity index (χ1) is 15.2. The molecule has 31 heavy (non-hydrogen) atoms. The highest BCUT2D eigenvalue weighted by molar-refractivity contribution is 7.21. The monoisotopic (exact) mass is 430 g/mol. The molecule has 3 aromatic rings.